The third-order valence-electron chi connectivity index (χ3n) is 4.97. The quantitative estimate of drug-likeness (QED) is 0.475. The van der Waals surface area contributed by atoms with Crippen LogP contribution in [0.4, 0.5) is 13.2 Å². The van der Waals surface area contributed by atoms with Crippen LogP contribution in [0.15, 0.2) is 66.7 Å². The van der Waals surface area contributed by atoms with Crippen LogP contribution in [0.25, 0.3) is 11.1 Å². The summed E-state index contributed by atoms with van der Waals surface area (Å²) in [5.74, 6) is -0.409. The molecule has 0 spiro atoms. The zero-order chi connectivity index (χ0) is 24.0. The first-order chi connectivity index (χ1) is 15.6. The highest BCUT2D eigenvalue weighted by molar-refractivity contribution is 5.94. The van der Waals surface area contributed by atoms with E-state index in [1.807, 2.05) is 32.0 Å². The molecule has 0 fully saturated rings. The van der Waals surface area contributed by atoms with Gasteiger partial charge in [-0.25, -0.2) is 0 Å². The zero-order valence-electron chi connectivity index (χ0n) is 18.2. The highest BCUT2D eigenvalue weighted by Gasteiger charge is 2.30. The van der Waals surface area contributed by atoms with Crippen molar-refractivity contribution < 1.29 is 22.7 Å². The minimum atomic E-state index is -4.74. The van der Waals surface area contributed by atoms with Gasteiger partial charge >= 0.3 is 6.36 Å². The molecular formula is C26H23F3N2O2. The summed E-state index contributed by atoms with van der Waals surface area (Å²) >= 11 is 0. The number of alkyl halides is 3. The highest BCUT2D eigenvalue weighted by Crippen LogP contribution is 2.28. The van der Waals surface area contributed by atoms with E-state index in [0.717, 1.165) is 22.3 Å². The molecule has 3 rings (SSSR count). The van der Waals surface area contributed by atoms with E-state index in [1.165, 1.54) is 12.1 Å². The molecule has 0 saturated heterocycles. The molecule has 1 amide bonds. The molecule has 3 aromatic rings. The smallest absolute Gasteiger partial charge is 0.406 e. The lowest BCUT2D eigenvalue weighted by molar-refractivity contribution is -0.274. The van der Waals surface area contributed by atoms with Gasteiger partial charge in [0.25, 0.3) is 5.91 Å². The molecule has 0 bridgehead atoms. The van der Waals surface area contributed by atoms with Gasteiger partial charge in [-0.05, 0) is 85.3 Å². The fourth-order valence-corrected chi connectivity index (χ4v) is 3.39. The van der Waals surface area contributed by atoms with E-state index in [2.05, 4.69) is 16.1 Å². The average molecular weight is 452 g/mol. The summed E-state index contributed by atoms with van der Waals surface area (Å²) in [6, 6.07) is 20.6. The number of nitrogens with one attached hydrogen (secondary N) is 1. The van der Waals surface area contributed by atoms with Gasteiger partial charge in [-0.15, -0.1) is 13.2 Å². The highest BCUT2D eigenvalue weighted by atomic mass is 19.4. The Morgan fingerprint density at radius 2 is 1.61 bits per heavy atom. The molecule has 0 heterocycles. The number of nitriles is 1. The van der Waals surface area contributed by atoms with Crippen LogP contribution in [0.1, 0.15) is 40.9 Å². The summed E-state index contributed by atoms with van der Waals surface area (Å²) in [6.07, 6.45) is -3.47. The SMILES string of the molecule is CC(C)NC(=O)c1ccc(CCc2cc(-c3ccc(OC(F)(F)F)cc3)ccc2C#N)cc1. The maximum atomic E-state index is 12.4. The normalized spacial score (nSPS) is 11.2. The number of carbonyl (C=O) groups excluding carboxylic acids is 1. The topological polar surface area (TPSA) is 62.1 Å². The number of aryl methyl sites for hydroxylation is 2. The van der Waals surface area contributed by atoms with Gasteiger partial charge in [0.1, 0.15) is 5.75 Å². The third kappa shape index (κ3) is 6.84. The number of nitrogens with zero attached hydrogens (tertiary/aromatic N) is 1. The summed E-state index contributed by atoms with van der Waals surface area (Å²) in [7, 11) is 0. The molecule has 0 saturated carbocycles. The molecule has 170 valence electrons. The minimum Gasteiger partial charge on any atom is -0.406 e. The number of rotatable bonds is 7. The standard InChI is InChI=1S/C26H23F3N2O2/c1-17(2)31-25(32)20-6-3-18(4-7-20)5-8-22-15-21(9-10-23(22)16-30)19-11-13-24(14-12-19)33-26(27,28)29/h3-4,6-7,9-15,17H,5,8H2,1-2H3,(H,31,32). The molecule has 4 nitrogen and oxygen atoms in total. The predicted octanol–water partition coefficient (Wildman–Crippen LogP) is 6.05. The molecule has 0 aromatic heterocycles. The molecule has 7 heteroatoms. The lowest BCUT2D eigenvalue weighted by atomic mass is 9.95. The lowest BCUT2D eigenvalue weighted by Gasteiger charge is -2.11. The Morgan fingerprint density at radius 3 is 2.18 bits per heavy atom. The van der Waals surface area contributed by atoms with Gasteiger partial charge in [0.05, 0.1) is 11.6 Å². The minimum absolute atomic E-state index is 0.0576. The van der Waals surface area contributed by atoms with Crippen LogP contribution >= 0.6 is 0 Å². The van der Waals surface area contributed by atoms with Crippen molar-refractivity contribution in [3.05, 3.63) is 89.0 Å². The van der Waals surface area contributed by atoms with E-state index in [1.54, 1.807) is 36.4 Å². The third-order valence-corrected chi connectivity index (χ3v) is 4.97. The van der Waals surface area contributed by atoms with Crippen molar-refractivity contribution in [2.45, 2.75) is 39.1 Å². The number of benzene rings is 3. The predicted molar refractivity (Wildman–Crippen MR) is 120 cm³/mol. The Hall–Kier alpha value is -3.79. The van der Waals surface area contributed by atoms with Crippen molar-refractivity contribution in [2.24, 2.45) is 0 Å². The van der Waals surface area contributed by atoms with Gasteiger partial charge in [0.15, 0.2) is 0 Å². The van der Waals surface area contributed by atoms with Gasteiger partial charge < -0.3 is 10.1 Å². The van der Waals surface area contributed by atoms with Crippen LogP contribution < -0.4 is 10.1 Å². The van der Waals surface area contributed by atoms with Crippen molar-refractivity contribution >= 4 is 5.91 Å². The van der Waals surface area contributed by atoms with Gasteiger partial charge in [-0.2, -0.15) is 5.26 Å². The molecule has 0 radical (unpaired) electrons. The molecule has 0 unspecified atom stereocenters. The molecule has 3 aromatic carbocycles. The molecular weight excluding hydrogens is 429 g/mol. The van der Waals surface area contributed by atoms with Crippen LogP contribution in [0.3, 0.4) is 0 Å². The number of carbonyl (C=O) groups is 1. The number of hydrogen-bond acceptors (Lipinski definition) is 3. The summed E-state index contributed by atoms with van der Waals surface area (Å²) in [4.78, 5) is 12.1. The number of halogens is 3. The Morgan fingerprint density at radius 1 is 0.970 bits per heavy atom. The Labute approximate surface area is 190 Å². The van der Waals surface area contributed by atoms with Crippen LogP contribution in [0.2, 0.25) is 0 Å². The maximum Gasteiger partial charge on any atom is 0.573 e. The van der Waals surface area contributed by atoms with E-state index in [0.29, 0.717) is 24.0 Å². The van der Waals surface area contributed by atoms with Crippen LogP contribution in [0.5, 0.6) is 5.75 Å². The first kappa shape index (κ1) is 23.9. The number of amides is 1. The second-order valence-corrected chi connectivity index (χ2v) is 7.88. The fraction of sp³-hybridized carbons (Fsp3) is 0.231. The maximum absolute atomic E-state index is 12.4. The number of ether oxygens (including phenoxy) is 1. The molecule has 0 aliphatic carbocycles. The van der Waals surface area contributed by atoms with Gasteiger partial charge in [-0.1, -0.05) is 30.3 Å². The first-order valence-corrected chi connectivity index (χ1v) is 10.4. The van der Waals surface area contributed by atoms with Gasteiger partial charge in [0, 0.05) is 11.6 Å². The molecule has 0 aliphatic heterocycles. The summed E-state index contributed by atoms with van der Waals surface area (Å²) in [5, 5.41) is 12.3. The molecule has 0 atom stereocenters. The number of hydrogen-bond donors (Lipinski definition) is 1. The van der Waals surface area contributed by atoms with E-state index < -0.39 is 6.36 Å². The van der Waals surface area contributed by atoms with E-state index in [-0.39, 0.29) is 17.7 Å². The first-order valence-electron chi connectivity index (χ1n) is 10.4. The molecule has 0 aliphatic rings. The lowest BCUT2D eigenvalue weighted by Crippen LogP contribution is -2.29. The van der Waals surface area contributed by atoms with E-state index in [9.17, 15) is 23.2 Å². The van der Waals surface area contributed by atoms with Gasteiger partial charge in [-0.3, -0.25) is 4.79 Å². The second-order valence-electron chi connectivity index (χ2n) is 7.88. The monoisotopic (exact) mass is 452 g/mol. The van der Waals surface area contributed by atoms with Crippen molar-refractivity contribution in [1.29, 1.82) is 5.26 Å². The van der Waals surface area contributed by atoms with E-state index in [4.69, 9.17) is 0 Å². The molecule has 33 heavy (non-hydrogen) atoms. The van der Waals surface area contributed by atoms with E-state index >= 15 is 0 Å². The summed E-state index contributed by atoms with van der Waals surface area (Å²) < 4.78 is 41.0. The van der Waals surface area contributed by atoms with Crippen LogP contribution in [0, 0.1) is 11.3 Å². The van der Waals surface area contributed by atoms with Crippen molar-refractivity contribution in [3.8, 4) is 22.9 Å². The largest absolute Gasteiger partial charge is 0.573 e. The second kappa shape index (κ2) is 10.2. The summed E-state index contributed by atoms with van der Waals surface area (Å²) in [6.45, 7) is 3.80. The Bertz CT molecular complexity index is 1150. The van der Waals surface area contributed by atoms with Crippen LogP contribution in [-0.2, 0) is 12.8 Å². The molecule has 1 N–H and O–H groups in total. The summed E-state index contributed by atoms with van der Waals surface area (Å²) in [5.41, 5.74) is 4.51. The van der Waals surface area contributed by atoms with Crippen molar-refractivity contribution in [2.75, 3.05) is 0 Å². The van der Waals surface area contributed by atoms with Gasteiger partial charge in [0.2, 0.25) is 0 Å². The average Bonchev–Trinajstić information content (AvgIpc) is 2.77. The van der Waals surface area contributed by atoms with Crippen molar-refractivity contribution in [3.63, 3.8) is 0 Å². The van der Waals surface area contributed by atoms with Crippen molar-refractivity contribution in [1.82, 2.24) is 5.32 Å². The Balaban J connectivity index is 1.73. The Kier molecular flexibility index (Phi) is 7.39. The zero-order valence-corrected chi connectivity index (χ0v) is 18.2. The van der Waals surface area contributed by atoms with Crippen LogP contribution in [-0.4, -0.2) is 18.3 Å². The fourth-order valence-electron chi connectivity index (χ4n) is 3.39.